The van der Waals surface area contributed by atoms with Gasteiger partial charge in [-0.25, -0.2) is 4.79 Å². The standard InChI is InChI=1S/C37H44N4O5/c1-39-25-32(24-38)31-13-8-27(9-14-31)12-17-36(43)41-20-18-29(19-21-41)23-35(42)40-34(37(44)45-2)22-28-10-15-33(16-11-28)46-26-30-6-4-3-5-7-30/h3-11,13-16,24-25,29,34,38-39H,12,17-23,26H2,1-2H3,(H,40,42)/b32-25+,38-24?/t34-/m0/s1. The molecule has 0 aromatic heterocycles. The van der Waals surface area contributed by atoms with Crippen LogP contribution in [0.2, 0.25) is 0 Å². The third kappa shape index (κ3) is 10.3. The van der Waals surface area contributed by atoms with E-state index in [0.717, 1.165) is 46.4 Å². The Balaban J connectivity index is 1.19. The van der Waals surface area contributed by atoms with E-state index in [2.05, 4.69) is 10.6 Å². The van der Waals surface area contributed by atoms with E-state index in [1.165, 1.54) is 13.3 Å². The van der Waals surface area contributed by atoms with Crippen LogP contribution in [0.5, 0.6) is 5.75 Å². The summed E-state index contributed by atoms with van der Waals surface area (Å²) in [6, 6.07) is 24.5. The summed E-state index contributed by atoms with van der Waals surface area (Å²) in [5.74, 6) is 0.301. The molecule has 9 nitrogen and oxygen atoms in total. The van der Waals surface area contributed by atoms with Crippen LogP contribution in [-0.4, -0.2) is 62.2 Å². The van der Waals surface area contributed by atoms with Crippen molar-refractivity contribution in [1.29, 1.82) is 5.41 Å². The van der Waals surface area contributed by atoms with Crippen molar-refractivity contribution in [3.63, 3.8) is 0 Å². The molecule has 0 radical (unpaired) electrons. The first kappa shape index (κ1) is 34.0. The van der Waals surface area contributed by atoms with Crippen LogP contribution in [0.4, 0.5) is 0 Å². The molecule has 1 fully saturated rings. The summed E-state index contributed by atoms with van der Waals surface area (Å²) in [7, 11) is 3.12. The third-order valence-corrected chi connectivity index (χ3v) is 8.24. The van der Waals surface area contributed by atoms with Crippen molar-refractivity contribution < 1.29 is 23.9 Å². The van der Waals surface area contributed by atoms with Crippen LogP contribution in [0.3, 0.4) is 0 Å². The van der Waals surface area contributed by atoms with E-state index in [-0.39, 0.29) is 17.7 Å². The quantitative estimate of drug-likeness (QED) is 0.163. The number of hydrogen-bond donors (Lipinski definition) is 3. The largest absolute Gasteiger partial charge is 0.489 e. The van der Waals surface area contributed by atoms with Crippen LogP contribution in [0.1, 0.15) is 47.9 Å². The Morgan fingerprint density at radius 3 is 2.24 bits per heavy atom. The number of piperidine rings is 1. The molecule has 1 atom stereocenters. The number of carbonyl (C=O) groups excluding carboxylic acids is 3. The molecule has 0 unspecified atom stereocenters. The van der Waals surface area contributed by atoms with Crippen LogP contribution < -0.4 is 15.4 Å². The number of allylic oxidation sites excluding steroid dienone is 1. The summed E-state index contributed by atoms with van der Waals surface area (Å²) < 4.78 is 10.8. The van der Waals surface area contributed by atoms with Gasteiger partial charge in [0.15, 0.2) is 0 Å². The molecule has 242 valence electrons. The summed E-state index contributed by atoms with van der Waals surface area (Å²) in [4.78, 5) is 40.3. The van der Waals surface area contributed by atoms with Crippen molar-refractivity contribution in [2.75, 3.05) is 27.2 Å². The first-order valence-corrected chi connectivity index (χ1v) is 15.8. The minimum absolute atomic E-state index is 0.115. The van der Waals surface area contributed by atoms with Gasteiger partial charge in [0.25, 0.3) is 0 Å². The molecule has 0 saturated carbocycles. The zero-order valence-corrected chi connectivity index (χ0v) is 26.7. The van der Waals surface area contributed by atoms with Gasteiger partial charge in [0.05, 0.1) is 7.11 Å². The fourth-order valence-corrected chi connectivity index (χ4v) is 5.57. The second-order valence-electron chi connectivity index (χ2n) is 11.5. The number of ether oxygens (including phenoxy) is 2. The number of esters is 1. The van der Waals surface area contributed by atoms with E-state index in [4.69, 9.17) is 14.9 Å². The Morgan fingerprint density at radius 2 is 1.61 bits per heavy atom. The van der Waals surface area contributed by atoms with Crippen molar-refractivity contribution in [2.24, 2.45) is 5.92 Å². The number of nitrogens with zero attached hydrogens (tertiary/aromatic N) is 1. The number of aryl methyl sites for hydroxylation is 1. The first-order valence-electron chi connectivity index (χ1n) is 15.8. The number of hydrogen-bond acceptors (Lipinski definition) is 7. The van der Waals surface area contributed by atoms with Gasteiger partial charge in [-0.2, -0.15) is 0 Å². The van der Waals surface area contributed by atoms with Gasteiger partial charge >= 0.3 is 5.97 Å². The molecule has 1 saturated heterocycles. The smallest absolute Gasteiger partial charge is 0.328 e. The molecule has 3 aromatic rings. The molecule has 3 aromatic carbocycles. The highest BCUT2D eigenvalue weighted by atomic mass is 16.5. The lowest BCUT2D eigenvalue weighted by molar-refractivity contribution is -0.145. The molecule has 3 N–H and O–H groups in total. The van der Waals surface area contributed by atoms with Crippen molar-refractivity contribution in [1.82, 2.24) is 15.5 Å². The van der Waals surface area contributed by atoms with Gasteiger partial charge in [-0.1, -0.05) is 66.7 Å². The van der Waals surface area contributed by atoms with E-state index >= 15 is 0 Å². The molecule has 1 aliphatic rings. The lowest BCUT2D eigenvalue weighted by Gasteiger charge is -2.32. The number of nitrogens with one attached hydrogen (secondary N) is 3. The molecule has 0 bridgehead atoms. The average Bonchev–Trinajstić information content (AvgIpc) is 3.09. The van der Waals surface area contributed by atoms with Crippen LogP contribution in [-0.2, 0) is 38.6 Å². The normalized spacial score (nSPS) is 14.2. The number of carbonyl (C=O) groups is 3. The number of methoxy groups -OCH3 is 1. The highest BCUT2D eigenvalue weighted by Gasteiger charge is 2.27. The molecule has 1 heterocycles. The zero-order valence-electron chi connectivity index (χ0n) is 26.7. The highest BCUT2D eigenvalue weighted by molar-refractivity contribution is 6.08. The molecular weight excluding hydrogens is 580 g/mol. The maximum atomic E-state index is 13.0. The van der Waals surface area contributed by atoms with E-state index < -0.39 is 12.0 Å². The van der Waals surface area contributed by atoms with Crippen molar-refractivity contribution in [3.05, 3.63) is 107 Å². The van der Waals surface area contributed by atoms with Gasteiger partial charge in [0, 0.05) is 57.4 Å². The van der Waals surface area contributed by atoms with E-state index in [1.807, 2.05) is 83.8 Å². The van der Waals surface area contributed by atoms with Crippen molar-refractivity contribution in [3.8, 4) is 5.75 Å². The van der Waals surface area contributed by atoms with Crippen LogP contribution in [0.25, 0.3) is 5.57 Å². The molecule has 2 amide bonds. The molecule has 0 spiro atoms. The number of benzene rings is 3. The summed E-state index contributed by atoms with van der Waals surface area (Å²) in [6.45, 7) is 1.70. The Hall–Kier alpha value is -4.92. The van der Waals surface area contributed by atoms with Gasteiger partial charge < -0.3 is 30.4 Å². The first-order chi connectivity index (χ1) is 22.4. The number of amides is 2. The van der Waals surface area contributed by atoms with Crippen LogP contribution in [0, 0.1) is 11.3 Å². The van der Waals surface area contributed by atoms with Gasteiger partial charge in [0.2, 0.25) is 11.8 Å². The summed E-state index contributed by atoms with van der Waals surface area (Å²) in [6.07, 6.45) is 6.25. The Labute approximate surface area is 271 Å². The van der Waals surface area contributed by atoms with Gasteiger partial charge in [-0.05, 0) is 59.6 Å². The minimum Gasteiger partial charge on any atom is -0.489 e. The Morgan fingerprint density at radius 1 is 0.935 bits per heavy atom. The second-order valence-corrected chi connectivity index (χ2v) is 11.5. The third-order valence-electron chi connectivity index (χ3n) is 8.24. The highest BCUT2D eigenvalue weighted by Crippen LogP contribution is 2.22. The number of likely N-dealkylation sites (tertiary alicyclic amines) is 1. The Bertz CT molecular complexity index is 1460. The molecule has 9 heteroatoms. The number of rotatable bonds is 15. The summed E-state index contributed by atoms with van der Waals surface area (Å²) in [5.41, 5.74) is 4.77. The molecule has 4 rings (SSSR count). The topological polar surface area (TPSA) is 121 Å². The fourth-order valence-electron chi connectivity index (χ4n) is 5.57. The predicted octanol–water partition coefficient (Wildman–Crippen LogP) is 4.94. The monoisotopic (exact) mass is 624 g/mol. The maximum Gasteiger partial charge on any atom is 0.328 e. The molecule has 46 heavy (non-hydrogen) atoms. The Kier molecular flexibility index (Phi) is 12.9. The fraction of sp³-hybridized carbons (Fsp3) is 0.351. The predicted molar refractivity (Wildman–Crippen MR) is 179 cm³/mol. The zero-order chi connectivity index (χ0) is 32.7. The van der Waals surface area contributed by atoms with Gasteiger partial charge in [-0.3, -0.25) is 9.59 Å². The van der Waals surface area contributed by atoms with E-state index in [0.29, 0.717) is 45.4 Å². The maximum absolute atomic E-state index is 13.0. The van der Waals surface area contributed by atoms with Crippen molar-refractivity contribution in [2.45, 2.75) is 51.2 Å². The van der Waals surface area contributed by atoms with Crippen LogP contribution >= 0.6 is 0 Å². The second kappa shape index (κ2) is 17.5. The van der Waals surface area contributed by atoms with Crippen molar-refractivity contribution >= 4 is 29.6 Å². The molecular formula is C37H44N4O5. The van der Waals surface area contributed by atoms with Gasteiger partial charge in [0.1, 0.15) is 18.4 Å². The molecule has 1 aliphatic heterocycles. The lowest BCUT2D eigenvalue weighted by Crippen LogP contribution is -2.44. The SMILES string of the molecule is CN/C=C(\C=N)c1ccc(CCC(=O)N2CCC(CC(=O)N[C@@H](Cc3ccc(OCc4ccccc4)cc3)C(=O)OC)CC2)cc1. The van der Waals surface area contributed by atoms with E-state index in [9.17, 15) is 14.4 Å². The van der Waals surface area contributed by atoms with Crippen LogP contribution in [0.15, 0.2) is 85.1 Å². The molecule has 0 aliphatic carbocycles. The average molecular weight is 625 g/mol. The van der Waals surface area contributed by atoms with Gasteiger partial charge in [-0.15, -0.1) is 0 Å². The summed E-state index contributed by atoms with van der Waals surface area (Å²) >= 11 is 0. The minimum atomic E-state index is -0.791. The summed E-state index contributed by atoms with van der Waals surface area (Å²) in [5, 5.41) is 13.4. The lowest BCUT2D eigenvalue weighted by atomic mass is 9.92. The van der Waals surface area contributed by atoms with E-state index in [1.54, 1.807) is 13.2 Å².